The van der Waals surface area contributed by atoms with E-state index in [-0.39, 0.29) is 5.92 Å². The van der Waals surface area contributed by atoms with Gasteiger partial charge in [-0.15, -0.1) is 0 Å². The van der Waals surface area contributed by atoms with Crippen molar-refractivity contribution in [1.82, 2.24) is 9.80 Å². The van der Waals surface area contributed by atoms with Crippen LogP contribution < -0.4 is 0 Å². The van der Waals surface area contributed by atoms with Crippen molar-refractivity contribution in [3.05, 3.63) is 0 Å². The zero-order valence-electron chi connectivity index (χ0n) is 10.4. The Kier molecular flexibility index (Phi) is 3.34. The van der Waals surface area contributed by atoms with E-state index in [0.717, 1.165) is 52.2 Å². The fourth-order valence-electron chi connectivity index (χ4n) is 3.08. The van der Waals surface area contributed by atoms with Gasteiger partial charge >= 0.3 is 0 Å². The molecule has 3 fully saturated rings. The molecule has 0 saturated carbocycles. The molecule has 0 aromatic rings. The molecule has 4 heteroatoms. The van der Waals surface area contributed by atoms with Gasteiger partial charge in [0, 0.05) is 26.2 Å². The molecule has 2 unspecified atom stereocenters. The zero-order valence-corrected chi connectivity index (χ0v) is 10.4. The summed E-state index contributed by atoms with van der Waals surface area (Å²) in [6.45, 7) is 6.02. The Hall–Kier alpha value is -0.610. The molecule has 3 aliphatic heterocycles. The first-order chi connectivity index (χ1) is 8.33. The van der Waals surface area contributed by atoms with E-state index in [2.05, 4.69) is 9.80 Å². The van der Waals surface area contributed by atoms with Crippen LogP contribution in [0.2, 0.25) is 0 Å². The van der Waals surface area contributed by atoms with Gasteiger partial charge in [0.15, 0.2) is 0 Å². The van der Waals surface area contributed by atoms with Crippen molar-refractivity contribution in [3.63, 3.8) is 0 Å². The lowest BCUT2D eigenvalue weighted by Crippen LogP contribution is -2.45. The normalized spacial score (nSPS) is 34.0. The first kappa shape index (κ1) is 11.5. The van der Waals surface area contributed by atoms with Gasteiger partial charge in [-0.1, -0.05) is 0 Å². The van der Waals surface area contributed by atoms with E-state index in [1.807, 2.05) is 0 Å². The molecule has 1 amide bonds. The number of piperidine rings is 1. The summed E-state index contributed by atoms with van der Waals surface area (Å²) in [5, 5.41) is 0. The Balaban J connectivity index is 1.52. The molecular formula is C13H22N2O2. The monoisotopic (exact) mass is 238 g/mol. The van der Waals surface area contributed by atoms with E-state index in [0.29, 0.717) is 12.0 Å². The summed E-state index contributed by atoms with van der Waals surface area (Å²) in [6.07, 6.45) is 5.08. The third-order valence-electron chi connectivity index (χ3n) is 4.14. The highest BCUT2D eigenvalue weighted by molar-refractivity contribution is 5.79. The highest BCUT2D eigenvalue weighted by Crippen LogP contribution is 2.23. The quantitative estimate of drug-likeness (QED) is 0.680. The van der Waals surface area contributed by atoms with Crippen LogP contribution in [-0.2, 0) is 9.53 Å². The van der Waals surface area contributed by atoms with E-state index in [9.17, 15) is 4.79 Å². The molecule has 17 heavy (non-hydrogen) atoms. The molecule has 0 spiro atoms. The lowest BCUT2D eigenvalue weighted by molar-refractivity contribution is -0.136. The molecule has 96 valence electrons. The van der Waals surface area contributed by atoms with Gasteiger partial charge in [0.05, 0.1) is 18.6 Å². The molecule has 4 nitrogen and oxygen atoms in total. The predicted molar refractivity (Wildman–Crippen MR) is 64.7 cm³/mol. The fraction of sp³-hybridized carbons (Fsp3) is 0.923. The number of hydrogen-bond donors (Lipinski definition) is 0. The number of likely N-dealkylation sites (tertiary alicyclic amines) is 2. The molecule has 3 rings (SSSR count). The maximum absolute atomic E-state index is 12.3. The Morgan fingerprint density at radius 3 is 2.65 bits per heavy atom. The second-order valence-electron chi connectivity index (χ2n) is 5.59. The molecule has 2 atom stereocenters. The number of amides is 1. The summed E-state index contributed by atoms with van der Waals surface area (Å²) in [5.41, 5.74) is 0. The maximum atomic E-state index is 12.3. The van der Waals surface area contributed by atoms with Crippen LogP contribution in [0.15, 0.2) is 0 Å². The van der Waals surface area contributed by atoms with Crippen molar-refractivity contribution in [2.75, 3.05) is 39.3 Å². The molecule has 3 saturated heterocycles. The van der Waals surface area contributed by atoms with E-state index in [1.165, 1.54) is 12.8 Å². The number of carbonyl (C=O) groups is 1. The topological polar surface area (TPSA) is 36.1 Å². The van der Waals surface area contributed by atoms with Crippen molar-refractivity contribution >= 4 is 5.91 Å². The molecule has 0 aromatic heterocycles. The summed E-state index contributed by atoms with van der Waals surface area (Å²) in [6, 6.07) is 0. The van der Waals surface area contributed by atoms with Gasteiger partial charge in [0.1, 0.15) is 0 Å². The standard InChI is InChI=1S/C13H22N2O2/c16-13(15-6-1-2-7-15)11-4-3-5-14(8-11)9-12-10-17-12/h11-12H,1-10H2. The van der Waals surface area contributed by atoms with Gasteiger partial charge in [-0.3, -0.25) is 9.69 Å². The number of carbonyl (C=O) groups excluding carboxylic acids is 1. The van der Waals surface area contributed by atoms with Gasteiger partial charge in [-0.25, -0.2) is 0 Å². The van der Waals surface area contributed by atoms with Gasteiger partial charge in [0.2, 0.25) is 5.91 Å². The summed E-state index contributed by atoms with van der Waals surface area (Å²) in [7, 11) is 0. The largest absolute Gasteiger partial charge is 0.372 e. The first-order valence-corrected chi connectivity index (χ1v) is 6.95. The van der Waals surface area contributed by atoms with Crippen molar-refractivity contribution in [2.24, 2.45) is 5.92 Å². The first-order valence-electron chi connectivity index (χ1n) is 6.95. The third-order valence-corrected chi connectivity index (χ3v) is 4.14. The molecular weight excluding hydrogens is 216 g/mol. The van der Waals surface area contributed by atoms with Gasteiger partial charge in [0.25, 0.3) is 0 Å². The number of ether oxygens (including phenoxy) is 1. The minimum atomic E-state index is 0.251. The zero-order chi connectivity index (χ0) is 11.7. The van der Waals surface area contributed by atoms with Crippen LogP contribution in [0.25, 0.3) is 0 Å². The molecule has 0 bridgehead atoms. The van der Waals surface area contributed by atoms with Crippen LogP contribution in [0, 0.1) is 5.92 Å². The van der Waals surface area contributed by atoms with E-state index in [4.69, 9.17) is 4.74 Å². The van der Waals surface area contributed by atoms with Crippen LogP contribution in [-0.4, -0.2) is 61.1 Å². The Morgan fingerprint density at radius 2 is 1.94 bits per heavy atom. The van der Waals surface area contributed by atoms with Crippen LogP contribution in [0.4, 0.5) is 0 Å². The predicted octanol–water partition coefficient (Wildman–Crippen LogP) is 0.720. The molecule has 3 aliphatic rings. The van der Waals surface area contributed by atoms with Crippen LogP contribution in [0.5, 0.6) is 0 Å². The smallest absolute Gasteiger partial charge is 0.226 e. The second-order valence-corrected chi connectivity index (χ2v) is 5.59. The summed E-state index contributed by atoms with van der Waals surface area (Å²) in [5.74, 6) is 0.657. The van der Waals surface area contributed by atoms with E-state index < -0.39 is 0 Å². The molecule has 0 N–H and O–H groups in total. The van der Waals surface area contributed by atoms with Crippen LogP contribution >= 0.6 is 0 Å². The maximum Gasteiger partial charge on any atom is 0.226 e. The third kappa shape index (κ3) is 2.80. The SMILES string of the molecule is O=C(C1CCCN(CC2CO2)C1)N1CCCC1. The van der Waals surface area contributed by atoms with Crippen LogP contribution in [0.1, 0.15) is 25.7 Å². The number of nitrogens with zero attached hydrogens (tertiary/aromatic N) is 2. The average Bonchev–Trinajstić information content (AvgIpc) is 2.99. The fourth-order valence-corrected chi connectivity index (χ4v) is 3.08. The minimum absolute atomic E-state index is 0.251. The molecule has 3 heterocycles. The summed E-state index contributed by atoms with van der Waals surface area (Å²) >= 11 is 0. The van der Waals surface area contributed by atoms with E-state index >= 15 is 0 Å². The van der Waals surface area contributed by atoms with Crippen molar-refractivity contribution in [3.8, 4) is 0 Å². The minimum Gasteiger partial charge on any atom is -0.372 e. The summed E-state index contributed by atoms with van der Waals surface area (Å²) in [4.78, 5) is 16.8. The van der Waals surface area contributed by atoms with Crippen molar-refractivity contribution in [1.29, 1.82) is 0 Å². The average molecular weight is 238 g/mol. The number of hydrogen-bond acceptors (Lipinski definition) is 3. The highest BCUT2D eigenvalue weighted by Gasteiger charge is 2.33. The molecule has 0 radical (unpaired) electrons. The van der Waals surface area contributed by atoms with Crippen molar-refractivity contribution in [2.45, 2.75) is 31.8 Å². The lowest BCUT2D eigenvalue weighted by Gasteiger charge is -2.33. The van der Waals surface area contributed by atoms with Gasteiger partial charge in [-0.2, -0.15) is 0 Å². The Bertz CT molecular complexity index is 285. The number of epoxide rings is 1. The molecule has 0 aliphatic carbocycles. The van der Waals surface area contributed by atoms with Crippen molar-refractivity contribution < 1.29 is 9.53 Å². The second kappa shape index (κ2) is 4.94. The Morgan fingerprint density at radius 1 is 1.18 bits per heavy atom. The summed E-state index contributed by atoms with van der Waals surface area (Å²) < 4.78 is 5.27. The highest BCUT2D eigenvalue weighted by atomic mass is 16.6. The van der Waals surface area contributed by atoms with Gasteiger partial charge in [-0.05, 0) is 32.2 Å². The Labute approximate surface area is 103 Å². The lowest BCUT2D eigenvalue weighted by atomic mass is 9.96. The van der Waals surface area contributed by atoms with E-state index in [1.54, 1.807) is 0 Å². The van der Waals surface area contributed by atoms with Gasteiger partial charge < -0.3 is 9.64 Å². The number of rotatable bonds is 3. The van der Waals surface area contributed by atoms with Crippen LogP contribution in [0.3, 0.4) is 0 Å². The molecule has 0 aromatic carbocycles.